The first-order valence-electron chi connectivity index (χ1n) is 6.43. The van der Waals surface area contributed by atoms with Gasteiger partial charge < -0.3 is 5.32 Å². The van der Waals surface area contributed by atoms with Crippen LogP contribution in [0, 0.1) is 0 Å². The van der Waals surface area contributed by atoms with E-state index >= 15 is 0 Å². The van der Waals surface area contributed by atoms with Crippen LogP contribution >= 0.6 is 11.3 Å². The van der Waals surface area contributed by atoms with Gasteiger partial charge in [-0.3, -0.25) is 0 Å². The van der Waals surface area contributed by atoms with Gasteiger partial charge in [0, 0.05) is 12.5 Å². The molecule has 1 saturated carbocycles. The number of nitrogens with one attached hydrogen (secondary N) is 1. The van der Waals surface area contributed by atoms with Gasteiger partial charge in [0.05, 0.1) is 0 Å². The Kier molecular flexibility index (Phi) is 4.72. The van der Waals surface area contributed by atoms with Gasteiger partial charge in [-0.1, -0.05) is 43.9 Å². The van der Waals surface area contributed by atoms with E-state index in [9.17, 15) is 0 Å². The predicted molar refractivity (Wildman–Crippen MR) is 67.7 cm³/mol. The molecule has 0 aliphatic heterocycles. The molecule has 16 heavy (non-hydrogen) atoms. The molecular formula is C12H21N3S. The van der Waals surface area contributed by atoms with Crippen LogP contribution < -0.4 is 5.32 Å². The van der Waals surface area contributed by atoms with Crippen molar-refractivity contribution in [2.24, 2.45) is 0 Å². The molecule has 0 atom stereocenters. The molecular weight excluding hydrogens is 218 g/mol. The predicted octanol–water partition coefficient (Wildman–Crippen LogP) is 3.09. The third-order valence-corrected chi connectivity index (χ3v) is 4.30. The maximum absolute atomic E-state index is 4.36. The Morgan fingerprint density at radius 1 is 1.19 bits per heavy atom. The molecule has 0 bridgehead atoms. The van der Waals surface area contributed by atoms with Crippen molar-refractivity contribution in [2.45, 2.75) is 57.9 Å². The summed E-state index contributed by atoms with van der Waals surface area (Å²) in [7, 11) is 0. The Morgan fingerprint density at radius 2 is 1.94 bits per heavy atom. The van der Waals surface area contributed by atoms with E-state index in [0.29, 0.717) is 5.92 Å². The second-order valence-electron chi connectivity index (χ2n) is 4.50. The topological polar surface area (TPSA) is 37.8 Å². The first-order valence-corrected chi connectivity index (χ1v) is 7.24. The number of hydrogen-bond donors (Lipinski definition) is 1. The summed E-state index contributed by atoms with van der Waals surface area (Å²) in [5.74, 6) is 0.690. The summed E-state index contributed by atoms with van der Waals surface area (Å²) in [5.41, 5.74) is 0. The van der Waals surface area contributed by atoms with Crippen molar-refractivity contribution in [1.29, 1.82) is 0 Å². The van der Waals surface area contributed by atoms with Gasteiger partial charge in [-0.25, -0.2) is 0 Å². The molecule has 0 aromatic carbocycles. The molecule has 0 amide bonds. The first-order chi connectivity index (χ1) is 7.90. The summed E-state index contributed by atoms with van der Waals surface area (Å²) in [5, 5.41) is 14.3. The lowest BCUT2D eigenvalue weighted by molar-refractivity contribution is 0.583. The van der Waals surface area contributed by atoms with Gasteiger partial charge in [0.2, 0.25) is 0 Å². The number of nitrogens with zero attached hydrogens (tertiary/aromatic N) is 2. The lowest BCUT2D eigenvalue weighted by atomic mass is 10.0. The molecule has 1 aromatic rings. The molecule has 90 valence electrons. The largest absolute Gasteiger partial charge is 0.311 e. The van der Waals surface area contributed by atoms with Crippen molar-refractivity contribution in [2.75, 3.05) is 6.54 Å². The Labute approximate surface area is 102 Å². The molecule has 4 heteroatoms. The van der Waals surface area contributed by atoms with Crippen LogP contribution in [0.1, 0.15) is 61.4 Å². The molecule has 0 saturated heterocycles. The van der Waals surface area contributed by atoms with Gasteiger partial charge in [-0.2, -0.15) is 0 Å². The molecule has 1 aliphatic carbocycles. The molecule has 1 aliphatic rings. The second-order valence-corrected chi connectivity index (χ2v) is 5.60. The summed E-state index contributed by atoms with van der Waals surface area (Å²) >= 11 is 1.80. The van der Waals surface area contributed by atoms with Crippen LogP contribution in [-0.2, 0) is 6.54 Å². The van der Waals surface area contributed by atoms with Crippen molar-refractivity contribution >= 4 is 11.3 Å². The van der Waals surface area contributed by atoms with E-state index in [1.54, 1.807) is 11.3 Å². The van der Waals surface area contributed by atoms with Crippen LogP contribution in [0.4, 0.5) is 0 Å². The fourth-order valence-electron chi connectivity index (χ4n) is 2.26. The molecule has 1 N–H and O–H groups in total. The van der Waals surface area contributed by atoms with Crippen LogP contribution in [0.15, 0.2) is 0 Å². The SMILES string of the molecule is CCNCc1nnc(C2CCCCCC2)s1. The zero-order valence-corrected chi connectivity index (χ0v) is 10.9. The minimum atomic E-state index is 0.690. The second kappa shape index (κ2) is 6.30. The van der Waals surface area contributed by atoms with E-state index in [1.807, 2.05) is 0 Å². The zero-order chi connectivity index (χ0) is 11.2. The lowest BCUT2D eigenvalue weighted by Gasteiger charge is -2.08. The number of rotatable bonds is 4. The third-order valence-electron chi connectivity index (χ3n) is 3.21. The van der Waals surface area contributed by atoms with E-state index in [4.69, 9.17) is 0 Å². The van der Waals surface area contributed by atoms with Crippen LogP contribution in [0.3, 0.4) is 0 Å². The Bertz CT molecular complexity index is 303. The van der Waals surface area contributed by atoms with Crippen LogP contribution in [0.5, 0.6) is 0 Å². The summed E-state index contributed by atoms with van der Waals surface area (Å²) in [6, 6.07) is 0. The molecule has 1 heterocycles. The van der Waals surface area contributed by atoms with Gasteiger partial charge in [0.15, 0.2) is 0 Å². The van der Waals surface area contributed by atoms with Gasteiger partial charge >= 0.3 is 0 Å². The van der Waals surface area contributed by atoms with E-state index in [0.717, 1.165) is 18.1 Å². The molecule has 1 fully saturated rings. The van der Waals surface area contributed by atoms with Gasteiger partial charge in [0.25, 0.3) is 0 Å². The van der Waals surface area contributed by atoms with Crippen molar-refractivity contribution in [1.82, 2.24) is 15.5 Å². The molecule has 0 radical (unpaired) electrons. The molecule has 0 spiro atoms. The van der Waals surface area contributed by atoms with E-state index in [1.165, 1.54) is 43.5 Å². The maximum atomic E-state index is 4.36. The highest BCUT2D eigenvalue weighted by Gasteiger charge is 2.18. The standard InChI is InChI=1S/C12H21N3S/c1-2-13-9-11-14-15-12(16-11)10-7-5-3-4-6-8-10/h10,13H,2-9H2,1H3. The summed E-state index contributed by atoms with van der Waals surface area (Å²) in [4.78, 5) is 0. The van der Waals surface area contributed by atoms with Gasteiger partial charge in [-0.05, 0) is 19.4 Å². The smallest absolute Gasteiger partial charge is 0.131 e. The quantitative estimate of drug-likeness (QED) is 0.821. The summed E-state index contributed by atoms with van der Waals surface area (Å²) < 4.78 is 0. The number of aromatic nitrogens is 2. The lowest BCUT2D eigenvalue weighted by Crippen LogP contribution is -2.11. The average Bonchev–Trinajstić information content (AvgIpc) is 2.60. The molecule has 1 aromatic heterocycles. The summed E-state index contributed by atoms with van der Waals surface area (Å²) in [6.07, 6.45) is 8.17. The Hall–Kier alpha value is -0.480. The Morgan fingerprint density at radius 3 is 2.62 bits per heavy atom. The monoisotopic (exact) mass is 239 g/mol. The molecule has 0 unspecified atom stereocenters. The van der Waals surface area contributed by atoms with Crippen molar-refractivity contribution < 1.29 is 0 Å². The van der Waals surface area contributed by atoms with Gasteiger partial charge in [0.1, 0.15) is 10.0 Å². The molecule has 2 rings (SSSR count). The van der Waals surface area contributed by atoms with E-state index in [2.05, 4.69) is 22.4 Å². The number of hydrogen-bond acceptors (Lipinski definition) is 4. The van der Waals surface area contributed by atoms with Crippen LogP contribution in [0.25, 0.3) is 0 Å². The first kappa shape index (κ1) is 12.0. The highest BCUT2D eigenvalue weighted by atomic mass is 32.1. The van der Waals surface area contributed by atoms with Crippen LogP contribution in [0.2, 0.25) is 0 Å². The highest BCUT2D eigenvalue weighted by Crippen LogP contribution is 2.32. The minimum absolute atomic E-state index is 0.690. The fourth-order valence-corrected chi connectivity index (χ4v) is 3.24. The zero-order valence-electron chi connectivity index (χ0n) is 10.0. The van der Waals surface area contributed by atoms with Gasteiger partial charge in [-0.15, -0.1) is 10.2 Å². The van der Waals surface area contributed by atoms with Crippen LogP contribution in [-0.4, -0.2) is 16.7 Å². The maximum Gasteiger partial charge on any atom is 0.131 e. The van der Waals surface area contributed by atoms with Crippen molar-refractivity contribution in [3.63, 3.8) is 0 Å². The minimum Gasteiger partial charge on any atom is -0.311 e. The highest BCUT2D eigenvalue weighted by molar-refractivity contribution is 7.11. The average molecular weight is 239 g/mol. The van der Waals surface area contributed by atoms with Crippen molar-refractivity contribution in [3.8, 4) is 0 Å². The Balaban J connectivity index is 1.94. The molecule has 3 nitrogen and oxygen atoms in total. The fraction of sp³-hybridized carbons (Fsp3) is 0.833. The third kappa shape index (κ3) is 3.25. The normalized spacial score (nSPS) is 18.6. The van der Waals surface area contributed by atoms with Crippen molar-refractivity contribution in [3.05, 3.63) is 10.0 Å². The van der Waals surface area contributed by atoms with E-state index in [-0.39, 0.29) is 0 Å². The van der Waals surface area contributed by atoms with E-state index < -0.39 is 0 Å². The summed E-state index contributed by atoms with van der Waals surface area (Å²) in [6.45, 7) is 3.99.